The van der Waals surface area contributed by atoms with Gasteiger partial charge in [-0.25, -0.2) is 4.98 Å². The van der Waals surface area contributed by atoms with Gasteiger partial charge in [-0.15, -0.1) is 0 Å². The van der Waals surface area contributed by atoms with Crippen LogP contribution in [0.5, 0.6) is 0 Å². The zero-order valence-corrected chi connectivity index (χ0v) is 18.2. The summed E-state index contributed by atoms with van der Waals surface area (Å²) >= 11 is 1.47. The van der Waals surface area contributed by atoms with Crippen LogP contribution in [0, 0.1) is 0 Å². The van der Waals surface area contributed by atoms with Gasteiger partial charge in [0.15, 0.2) is 5.16 Å². The molecule has 158 valence electrons. The number of nitrogens with one attached hydrogen (secondary N) is 1. The third-order valence-electron chi connectivity index (χ3n) is 5.78. The fourth-order valence-electron chi connectivity index (χ4n) is 4.30. The molecule has 1 aliphatic heterocycles. The molecular formula is C24H24N4O2S. The summed E-state index contributed by atoms with van der Waals surface area (Å²) in [6.45, 7) is 1.93. The smallest absolute Gasteiger partial charge is 0.244 e. The Labute approximate surface area is 185 Å². The molecule has 0 saturated carbocycles. The number of aryl methyl sites for hydroxylation is 1. The third-order valence-corrected chi connectivity index (χ3v) is 6.82. The van der Waals surface area contributed by atoms with Crippen LogP contribution in [0.25, 0.3) is 5.69 Å². The van der Waals surface area contributed by atoms with Crippen molar-refractivity contribution in [1.82, 2.24) is 9.55 Å². The second kappa shape index (κ2) is 8.23. The van der Waals surface area contributed by atoms with Crippen molar-refractivity contribution >= 4 is 35.0 Å². The normalized spacial score (nSPS) is 16.3. The van der Waals surface area contributed by atoms with Crippen molar-refractivity contribution < 1.29 is 9.59 Å². The van der Waals surface area contributed by atoms with Gasteiger partial charge in [-0.1, -0.05) is 42.1 Å². The van der Waals surface area contributed by atoms with Gasteiger partial charge in [0.2, 0.25) is 11.8 Å². The summed E-state index contributed by atoms with van der Waals surface area (Å²) in [6, 6.07) is 17.6. The molecule has 1 aliphatic carbocycles. The molecule has 1 aromatic heterocycles. The summed E-state index contributed by atoms with van der Waals surface area (Å²) in [5.41, 5.74) is 4.88. The fourth-order valence-corrected chi connectivity index (χ4v) is 5.32. The number of aromatic nitrogens is 2. The van der Waals surface area contributed by atoms with Gasteiger partial charge in [-0.3, -0.25) is 19.1 Å². The highest BCUT2D eigenvalue weighted by molar-refractivity contribution is 8.00. The van der Waals surface area contributed by atoms with E-state index >= 15 is 0 Å². The average Bonchev–Trinajstić information content (AvgIpc) is 3.16. The van der Waals surface area contributed by atoms with Crippen LogP contribution in [0.4, 0.5) is 11.4 Å². The number of amides is 2. The first kappa shape index (κ1) is 19.9. The van der Waals surface area contributed by atoms with Crippen LogP contribution in [0.2, 0.25) is 0 Å². The van der Waals surface area contributed by atoms with Crippen molar-refractivity contribution in [2.24, 2.45) is 0 Å². The molecule has 2 aliphatic rings. The van der Waals surface area contributed by atoms with E-state index in [1.54, 1.807) is 4.90 Å². The van der Waals surface area contributed by atoms with Crippen LogP contribution in [-0.4, -0.2) is 33.2 Å². The molecule has 0 saturated heterocycles. The van der Waals surface area contributed by atoms with Crippen molar-refractivity contribution in [3.05, 3.63) is 66.0 Å². The number of benzene rings is 2. The van der Waals surface area contributed by atoms with E-state index in [1.165, 1.54) is 17.5 Å². The third kappa shape index (κ3) is 3.74. The van der Waals surface area contributed by atoms with E-state index in [1.807, 2.05) is 49.4 Å². The quantitative estimate of drug-likeness (QED) is 0.627. The second-order valence-electron chi connectivity index (χ2n) is 7.92. The summed E-state index contributed by atoms with van der Waals surface area (Å²) in [7, 11) is 0. The van der Waals surface area contributed by atoms with Crippen molar-refractivity contribution in [3.8, 4) is 5.69 Å². The van der Waals surface area contributed by atoms with Crippen LogP contribution in [0.15, 0.2) is 59.8 Å². The summed E-state index contributed by atoms with van der Waals surface area (Å²) in [4.78, 5) is 32.1. The van der Waals surface area contributed by atoms with E-state index in [4.69, 9.17) is 4.98 Å². The topological polar surface area (TPSA) is 67.2 Å². The van der Waals surface area contributed by atoms with Crippen LogP contribution in [-0.2, 0) is 22.4 Å². The molecule has 0 bridgehead atoms. The minimum Gasteiger partial charge on any atom is -0.323 e. The van der Waals surface area contributed by atoms with E-state index < -0.39 is 0 Å². The number of fused-ring (bicyclic) bond motifs is 2. The number of para-hydroxylation sites is 3. The number of imidazole rings is 1. The molecule has 1 atom stereocenters. The van der Waals surface area contributed by atoms with Gasteiger partial charge in [0.05, 0.1) is 22.3 Å². The molecule has 0 spiro atoms. The molecule has 7 heteroatoms. The number of hydrogen-bond donors (Lipinski definition) is 1. The Balaban J connectivity index is 1.46. The molecule has 6 nitrogen and oxygen atoms in total. The van der Waals surface area contributed by atoms with E-state index in [9.17, 15) is 9.59 Å². The molecule has 2 heterocycles. The van der Waals surface area contributed by atoms with Crippen molar-refractivity contribution in [1.29, 1.82) is 0 Å². The zero-order valence-electron chi connectivity index (χ0n) is 17.4. The van der Waals surface area contributed by atoms with Gasteiger partial charge in [0.1, 0.15) is 6.54 Å². The molecule has 3 aromatic rings. The van der Waals surface area contributed by atoms with Crippen molar-refractivity contribution in [3.63, 3.8) is 0 Å². The highest BCUT2D eigenvalue weighted by atomic mass is 32.2. The largest absolute Gasteiger partial charge is 0.323 e. The lowest BCUT2D eigenvalue weighted by molar-refractivity contribution is -0.121. The van der Waals surface area contributed by atoms with E-state index in [-0.39, 0.29) is 23.6 Å². The van der Waals surface area contributed by atoms with Gasteiger partial charge in [-0.2, -0.15) is 0 Å². The Bertz CT molecular complexity index is 1140. The van der Waals surface area contributed by atoms with Gasteiger partial charge >= 0.3 is 0 Å². The number of thioether (sulfide) groups is 1. The van der Waals surface area contributed by atoms with Crippen LogP contribution >= 0.6 is 11.8 Å². The Morgan fingerprint density at radius 2 is 1.81 bits per heavy atom. The summed E-state index contributed by atoms with van der Waals surface area (Å²) < 4.78 is 2.21. The summed E-state index contributed by atoms with van der Waals surface area (Å²) in [5, 5.41) is 3.30. The minimum atomic E-state index is -0.384. The first-order valence-electron chi connectivity index (χ1n) is 10.6. The fraction of sp³-hybridized carbons (Fsp3) is 0.292. The molecule has 31 heavy (non-hydrogen) atoms. The molecule has 0 radical (unpaired) electrons. The Morgan fingerprint density at radius 3 is 2.65 bits per heavy atom. The number of hydrogen-bond acceptors (Lipinski definition) is 4. The van der Waals surface area contributed by atoms with E-state index in [0.717, 1.165) is 47.9 Å². The SMILES string of the molecule is CC(Sc1nc2c(n1-c1ccccc1)CCCC2)C(=O)N1CC(=O)Nc2ccccc21. The summed E-state index contributed by atoms with van der Waals surface area (Å²) in [6.07, 6.45) is 4.28. The molecule has 5 rings (SSSR count). The Hall–Kier alpha value is -3.06. The van der Waals surface area contributed by atoms with Gasteiger partial charge in [0.25, 0.3) is 0 Å². The maximum Gasteiger partial charge on any atom is 0.244 e. The Morgan fingerprint density at radius 1 is 1.06 bits per heavy atom. The highest BCUT2D eigenvalue weighted by Crippen LogP contribution is 2.35. The number of nitrogens with zero attached hydrogens (tertiary/aromatic N) is 3. The molecular weight excluding hydrogens is 408 g/mol. The second-order valence-corrected chi connectivity index (χ2v) is 9.22. The standard InChI is InChI=1S/C24H24N4O2S/c1-16(23(30)27-15-22(29)25-18-11-5-7-13-20(18)27)31-24-26-19-12-6-8-14-21(19)28(24)17-9-3-2-4-10-17/h2-5,7,9-11,13,16H,6,8,12,14-15H2,1H3,(H,25,29). The van der Waals surface area contributed by atoms with Crippen LogP contribution in [0.3, 0.4) is 0 Å². The lowest BCUT2D eigenvalue weighted by Crippen LogP contribution is -2.45. The van der Waals surface area contributed by atoms with Crippen LogP contribution < -0.4 is 10.2 Å². The maximum absolute atomic E-state index is 13.4. The average molecular weight is 433 g/mol. The van der Waals surface area contributed by atoms with Gasteiger partial charge in [0, 0.05) is 11.4 Å². The van der Waals surface area contributed by atoms with E-state index in [0.29, 0.717) is 5.69 Å². The molecule has 0 fully saturated rings. The predicted molar refractivity (Wildman–Crippen MR) is 123 cm³/mol. The number of carbonyl (C=O) groups excluding carboxylic acids is 2. The highest BCUT2D eigenvalue weighted by Gasteiger charge is 2.31. The van der Waals surface area contributed by atoms with Crippen LogP contribution in [0.1, 0.15) is 31.2 Å². The van der Waals surface area contributed by atoms with E-state index in [2.05, 4.69) is 22.0 Å². The summed E-state index contributed by atoms with van der Waals surface area (Å²) in [5.74, 6) is -0.265. The molecule has 1 unspecified atom stereocenters. The lowest BCUT2D eigenvalue weighted by Gasteiger charge is -2.30. The van der Waals surface area contributed by atoms with Gasteiger partial charge < -0.3 is 5.32 Å². The minimum absolute atomic E-state index is 0.0321. The lowest BCUT2D eigenvalue weighted by atomic mass is 10.0. The first-order valence-corrected chi connectivity index (χ1v) is 11.5. The van der Waals surface area contributed by atoms with Crippen molar-refractivity contribution in [2.75, 3.05) is 16.8 Å². The predicted octanol–water partition coefficient (Wildman–Crippen LogP) is 4.22. The molecule has 2 aromatic carbocycles. The zero-order chi connectivity index (χ0) is 21.4. The monoisotopic (exact) mass is 432 g/mol. The van der Waals surface area contributed by atoms with Gasteiger partial charge in [-0.05, 0) is 56.9 Å². The first-order chi connectivity index (χ1) is 15.1. The number of carbonyl (C=O) groups is 2. The Kier molecular flexibility index (Phi) is 5.28. The van der Waals surface area contributed by atoms with Crippen molar-refractivity contribution in [2.45, 2.75) is 43.0 Å². The molecule has 1 N–H and O–H groups in total. The number of anilines is 2. The maximum atomic E-state index is 13.4. The molecule has 2 amide bonds. The number of rotatable bonds is 4.